The Balaban J connectivity index is 2.03. The minimum Gasteiger partial charge on any atom is -0.477 e. The molecule has 1 fully saturated rings. The van der Waals surface area contributed by atoms with Gasteiger partial charge in [0.2, 0.25) is 0 Å². The lowest BCUT2D eigenvalue weighted by Gasteiger charge is -2.27. The fourth-order valence-electron chi connectivity index (χ4n) is 2.84. The standard InChI is InChI=1S/C16H17NO2/c17-15(18)16(10-3-4-11-16)19-14-9-5-7-12-6-1-2-8-13(12)14/h1-2,5-9H,3-4,10-11H2,(H2,17,18). The zero-order valence-corrected chi connectivity index (χ0v) is 10.8. The maximum absolute atomic E-state index is 11.8. The summed E-state index contributed by atoms with van der Waals surface area (Å²) >= 11 is 0. The second kappa shape index (κ2) is 4.57. The molecule has 98 valence electrons. The maximum atomic E-state index is 11.8. The molecule has 0 atom stereocenters. The van der Waals surface area contributed by atoms with E-state index in [2.05, 4.69) is 0 Å². The molecule has 0 aromatic heterocycles. The Hall–Kier alpha value is -2.03. The minimum atomic E-state index is -0.815. The van der Waals surface area contributed by atoms with Crippen molar-refractivity contribution in [2.75, 3.05) is 0 Å². The molecular weight excluding hydrogens is 238 g/mol. The molecule has 3 rings (SSSR count). The molecule has 2 N–H and O–H groups in total. The number of benzene rings is 2. The maximum Gasteiger partial charge on any atom is 0.261 e. The van der Waals surface area contributed by atoms with Crippen LogP contribution in [0.1, 0.15) is 25.7 Å². The van der Waals surface area contributed by atoms with Crippen LogP contribution in [0.25, 0.3) is 10.8 Å². The zero-order chi connectivity index (χ0) is 13.3. The number of amides is 1. The normalized spacial score (nSPS) is 17.5. The Morgan fingerprint density at radius 1 is 1.05 bits per heavy atom. The smallest absolute Gasteiger partial charge is 0.261 e. The van der Waals surface area contributed by atoms with Crippen molar-refractivity contribution in [2.24, 2.45) is 5.73 Å². The summed E-state index contributed by atoms with van der Waals surface area (Å²) in [6, 6.07) is 13.9. The average molecular weight is 255 g/mol. The van der Waals surface area contributed by atoms with Crippen LogP contribution < -0.4 is 10.5 Å². The van der Waals surface area contributed by atoms with E-state index in [-0.39, 0.29) is 5.91 Å². The van der Waals surface area contributed by atoms with Crippen LogP contribution in [-0.4, -0.2) is 11.5 Å². The third-order valence-electron chi connectivity index (χ3n) is 3.92. The quantitative estimate of drug-likeness (QED) is 0.916. The fourth-order valence-corrected chi connectivity index (χ4v) is 2.84. The van der Waals surface area contributed by atoms with Gasteiger partial charge in [0.1, 0.15) is 5.75 Å². The molecule has 0 heterocycles. The predicted octanol–water partition coefficient (Wildman–Crippen LogP) is 3.02. The van der Waals surface area contributed by atoms with Gasteiger partial charge in [-0.15, -0.1) is 0 Å². The van der Waals surface area contributed by atoms with Crippen molar-refractivity contribution >= 4 is 16.7 Å². The number of carbonyl (C=O) groups is 1. The highest BCUT2D eigenvalue weighted by atomic mass is 16.5. The van der Waals surface area contributed by atoms with Crippen molar-refractivity contribution in [3.8, 4) is 5.75 Å². The number of fused-ring (bicyclic) bond motifs is 1. The molecular formula is C16H17NO2. The van der Waals surface area contributed by atoms with Crippen molar-refractivity contribution in [1.29, 1.82) is 0 Å². The third kappa shape index (κ3) is 2.05. The van der Waals surface area contributed by atoms with Crippen molar-refractivity contribution in [3.05, 3.63) is 42.5 Å². The molecule has 0 spiro atoms. The van der Waals surface area contributed by atoms with Crippen molar-refractivity contribution in [2.45, 2.75) is 31.3 Å². The van der Waals surface area contributed by atoms with Gasteiger partial charge < -0.3 is 10.5 Å². The number of carbonyl (C=O) groups excluding carboxylic acids is 1. The fraction of sp³-hybridized carbons (Fsp3) is 0.312. The van der Waals surface area contributed by atoms with Crippen molar-refractivity contribution in [1.82, 2.24) is 0 Å². The summed E-state index contributed by atoms with van der Waals surface area (Å²) in [4.78, 5) is 11.8. The van der Waals surface area contributed by atoms with E-state index >= 15 is 0 Å². The molecule has 1 aliphatic carbocycles. The molecule has 0 bridgehead atoms. The molecule has 2 aromatic carbocycles. The van der Waals surface area contributed by atoms with Gasteiger partial charge in [0.25, 0.3) is 5.91 Å². The summed E-state index contributed by atoms with van der Waals surface area (Å²) in [5, 5.41) is 2.13. The van der Waals surface area contributed by atoms with Gasteiger partial charge in [0.05, 0.1) is 0 Å². The van der Waals surface area contributed by atoms with Gasteiger partial charge >= 0.3 is 0 Å². The van der Waals surface area contributed by atoms with E-state index in [9.17, 15) is 4.79 Å². The highest BCUT2D eigenvalue weighted by Gasteiger charge is 2.42. The van der Waals surface area contributed by atoms with E-state index in [1.807, 2.05) is 42.5 Å². The van der Waals surface area contributed by atoms with E-state index in [4.69, 9.17) is 10.5 Å². The van der Waals surface area contributed by atoms with Gasteiger partial charge in [-0.3, -0.25) is 4.79 Å². The minimum absolute atomic E-state index is 0.349. The summed E-state index contributed by atoms with van der Waals surface area (Å²) in [6.07, 6.45) is 3.42. The van der Waals surface area contributed by atoms with Gasteiger partial charge in [0, 0.05) is 5.39 Å². The molecule has 2 aromatic rings. The van der Waals surface area contributed by atoms with Crippen LogP contribution >= 0.6 is 0 Å². The number of hydrogen-bond donors (Lipinski definition) is 1. The van der Waals surface area contributed by atoms with Gasteiger partial charge in [0.15, 0.2) is 5.60 Å². The number of primary amides is 1. The van der Waals surface area contributed by atoms with Crippen molar-refractivity contribution < 1.29 is 9.53 Å². The van der Waals surface area contributed by atoms with E-state index in [0.717, 1.165) is 29.4 Å². The first-order valence-electron chi connectivity index (χ1n) is 6.68. The second-order valence-corrected chi connectivity index (χ2v) is 5.14. The van der Waals surface area contributed by atoms with Gasteiger partial charge in [-0.25, -0.2) is 0 Å². The average Bonchev–Trinajstić information content (AvgIpc) is 2.89. The second-order valence-electron chi connectivity index (χ2n) is 5.14. The number of hydrogen-bond acceptors (Lipinski definition) is 2. The van der Waals surface area contributed by atoms with E-state index in [1.165, 1.54) is 0 Å². The topological polar surface area (TPSA) is 52.3 Å². The predicted molar refractivity (Wildman–Crippen MR) is 75.0 cm³/mol. The van der Waals surface area contributed by atoms with Crippen molar-refractivity contribution in [3.63, 3.8) is 0 Å². The number of rotatable bonds is 3. The summed E-state index contributed by atoms with van der Waals surface area (Å²) in [5.41, 5.74) is 4.75. The van der Waals surface area contributed by atoms with E-state index < -0.39 is 5.60 Å². The Kier molecular flexibility index (Phi) is 2.90. The first-order chi connectivity index (χ1) is 9.21. The Morgan fingerprint density at radius 2 is 1.74 bits per heavy atom. The summed E-state index contributed by atoms with van der Waals surface area (Å²) in [5.74, 6) is 0.400. The highest BCUT2D eigenvalue weighted by Crippen LogP contribution is 2.36. The van der Waals surface area contributed by atoms with E-state index in [1.54, 1.807) is 0 Å². The molecule has 3 heteroatoms. The number of ether oxygens (including phenoxy) is 1. The molecule has 19 heavy (non-hydrogen) atoms. The molecule has 0 aliphatic heterocycles. The highest BCUT2D eigenvalue weighted by molar-refractivity contribution is 5.89. The van der Waals surface area contributed by atoms with Gasteiger partial charge in [-0.2, -0.15) is 0 Å². The molecule has 0 unspecified atom stereocenters. The molecule has 0 radical (unpaired) electrons. The lowest BCUT2D eigenvalue weighted by atomic mass is 10.0. The Bertz CT molecular complexity index is 610. The Morgan fingerprint density at radius 3 is 2.47 bits per heavy atom. The van der Waals surface area contributed by atoms with Crippen LogP contribution in [0.5, 0.6) is 5.75 Å². The Labute approximate surface area is 112 Å². The van der Waals surface area contributed by atoms with Crippen LogP contribution in [0.2, 0.25) is 0 Å². The summed E-state index contributed by atoms with van der Waals surface area (Å²) in [6.45, 7) is 0. The van der Waals surface area contributed by atoms with Crippen LogP contribution in [0.15, 0.2) is 42.5 Å². The summed E-state index contributed by atoms with van der Waals surface area (Å²) in [7, 11) is 0. The van der Waals surface area contributed by atoms with Crippen LogP contribution in [0.3, 0.4) is 0 Å². The SMILES string of the molecule is NC(=O)C1(Oc2cccc3ccccc23)CCCC1. The molecule has 1 aliphatic rings. The van der Waals surface area contributed by atoms with Gasteiger partial charge in [-0.1, -0.05) is 36.4 Å². The van der Waals surface area contributed by atoms with E-state index in [0.29, 0.717) is 12.8 Å². The third-order valence-corrected chi connectivity index (χ3v) is 3.92. The van der Waals surface area contributed by atoms with Crippen LogP contribution in [0, 0.1) is 0 Å². The molecule has 1 amide bonds. The molecule has 1 saturated carbocycles. The van der Waals surface area contributed by atoms with Crippen LogP contribution in [0.4, 0.5) is 0 Å². The zero-order valence-electron chi connectivity index (χ0n) is 10.8. The number of nitrogens with two attached hydrogens (primary N) is 1. The van der Waals surface area contributed by atoms with Gasteiger partial charge in [-0.05, 0) is 37.1 Å². The summed E-state index contributed by atoms with van der Waals surface area (Å²) < 4.78 is 6.06. The monoisotopic (exact) mass is 255 g/mol. The molecule has 3 nitrogen and oxygen atoms in total. The largest absolute Gasteiger partial charge is 0.477 e. The first kappa shape index (κ1) is 12.0. The molecule has 0 saturated heterocycles. The lowest BCUT2D eigenvalue weighted by Crippen LogP contribution is -2.46. The first-order valence-corrected chi connectivity index (χ1v) is 6.68. The lowest BCUT2D eigenvalue weighted by molar-refractivity contribution is -0.132. The van der Waals surface area contributed by atoms with Crippen LogP contribution in [-0.2, 0) is 4.79 Å².